The van der Waals surface area contributed by atoms with Crippen molar-refractivity contribution in [3.05, 3.63) is 71.7 Å². The molecule has 0 saturated carbocycles. The molecule has 0 aliphatic heterocycles. The van der Waals surface area contributed by atoms with Crippen LogP contribution in [0.3, 0.4) is 0 Å². The summed E-state index contributed by atoms with van der Waals surface area (Å²) in [4.78, 5) is 2.01. The predicted octanol–water partition coefficient (Wildman–Crippen LogP) is 3.57. The van der Waals surface area contributed by atoms with Gasteiger partial charge >= 0.3 is 0 Å². The second kappa shape index (κ2) is 12.9. The topological polar surface area (TPSA) is 69.0 Å². The number of aliphatic hydroxyl groups excluding tert-OH is 1. The summed E-state index contributed by atoms with van der Waals surface area (Å²) in [7, 11) is 1.62. The molecule has 0 spiro atoms. The van der Waals surface area contributed by atoms with Crippen molar-refractivity contribution in [1.29, 1.82) is 0 Å². The molecule has 0 aliphatic rings. The minimum atomic E-state index is -0.745. The number of hydrogen-bond acceptors (Lipinski definition) is 6. The molecule has 0 amide bonds. The molecule has 0 bridgehead atoms. The largest absolute Gasteiger partial charge is 0.435 e. The number of para-hydroxylation sites is 2. The maximum absolute atomic E-state index is 14.5. The van der Waals surface area contributed by atoms with Crippen molar-refractivity contribution < 1.29 is 23.7 Å². The van der Waals surface area contributed by atoms with Crippen molar-refractivity contribution in [2.45, 2.75) is 19.6 Å². The monoisotopic (exact) mass is 467 g/mol. The zero-order valence-corrected chi connectivity index (χ0v) is 19.5. The summed E-state index contributed by atoms with van der Waals surface area (Å²) in [5.41, 5.74) is 2.30. The number of aliphatic hydroxyl groups is 1. The van der Waals surface area contributed by atoms with Gasteiger partial charge in [-0.3, -0.25) is 4.90 Å². The Morgan fingerprint density at radius 2 is 1.91 bits per heavy atom. The van der Waals surface area contributed by atoms with E-state index in [1.165, 1.54) is 6.07 Å². The van der Waals surface area contributed by atoms with Gasteiger partial charge in [0.15, 0.2) is 11.6 Å². The van der Waals surface area contributed by atoms with Crippen molar-refractivity contribution in [3.63, 3.8) is 0 Å². The highest BCUT2D eigenvalue weighted by Crippen LogP contribution is 2.32. The third kappa shape index (κ3) is 6.89. The Morgan fingerprint density at radius 3 is 2.62 bits per heavy atom. The first kappa shape index (κ1) is 25.4. The van der Waals surface area contributed by atoms with Crippen molar-refractivity contribution in [3.8, 4) is 29.7 Å². The standard InChI is InChI=1S/C26H30FN3O4/c1-4-15-33-19-22(31)17-29(14-16-32-3)18-23-20(2)28-30(21-10-6-5-7-11-21)26(23)34-25-13-9-8-12-24(25)27/h1,5-13,22,31H,14-19H2,2-3H3/t22-/m1/s1. The van der Waals surface area contributed by atoms with Gasteiger partial charge in [0.2, 0.25) is 5.88 Å². The van der Waals surface area contributed by atoms with Crippen LogP contribution in [0.2, 0.25) is 0 Å². The number of hydrogen-bond donors (Lipinski definition) is 1. The first-order valence-electron chi connectivity index (χ1n) is 11.0. The molecule has 0 radical (unpaired) electrons. The zero-order valence-electron chi connectivity index (χ0n) is 19.5. The molecule has 0 fully saturated rings. The third-order valence-corrected chi connectivity index (χ3v) is 5.14. The van der Waals surface area contributed by atoms with Gasteiger partial charge in [-0.1, -0.05) is 36.3 Å². The lowest BCUT2D eigenvalue weighted by molar-refractivity contribution is 0.0205. The Bertz CT molecular complexity index is 1080. The molecule has 1 heterocycles. The molecule has 34 heavy (non-hydrogen) atoms. The molecule has 2 aromatic carbocycles. The maximum atomic E-state index is 14.5. The normalized spacial score (nSPS) is 12.0. The summed E-state index contributed by atoms with van der Waals surface area (Å²) in [6.07, 6.45) is 4.46. The van der Waals surface area contributed by atoms with Crippen LogP contribution in [-0.2, 0) is 16.0 Å². The Kier molecular flexibility index (Phi) is 9.62. The van der Waals surface area contributed by atoms with E-state index in [1.807, 2.05) is 42.2 Å². The van der Waals surface area contributed by atoms with Crippen LogP contribution in [0.15, 0.2) is 54.6 Å². The van der Waals surface area contributed by atoms with Gasteiger partial charge in [-0.05, 0) is 31.2 Å². The zero-order chi connectivity index (χ0) is 24.3. The fourth-order valence-electron chi connectivity index (χ4n) is 3.48. The van der Waals surface area contributed by atoms with Gasteiger partial charge in [-0.15, -0.1) is 6.42 Å². The average molecular weight is 468 g/mol. The minimum Gasteiger partial charge on any atom is -0.435 e. The van der Waals surface area contributed by atoms with E-state index in [9.17, 15) is 9.50 Å². The van der Waals surface area contributed by atoms with Crippen molar-refractivity contribution >= 4 is 0 Å². The number of aromatic nitrogens is 2. The first-order chi connectivity index (χ1) is 16.5. The molecule has 0 unspecified atom stereocenters. The molecule has 3 aromatic rings. The van der Waals surface area contributed by atoms with Crippen LogP contribution in [0.1, 0.15) is 11.3 Å². The van der Waals surface area contributed by atoms with Crippen molar-refractivity contribution in [1.82, 2.24) is 14.7 Å². The molecular formula is C26H30FN3O4. The number of nitrogens with zero attached hydrogens (tertiary/aromatic N) is 3. The smallest absolute Gasteiger partial charge is 0.227 e. The predicted molar refractivity (Wildman–Crippen MR) is 128 cm³/mol. The van der Waals surface area contributed by atoms with Gasteiger partial charge in [0.25, 0.3) is 0 Å². The fraction of sp³-hybridized carbons (Fsp3) is 0.346. The number of aryl methyl sites for hydroxylation is 1. The molecule has 0 aliphatic carbocycles. The van der Waals surface area contributed by atoms with Gasteiger partial charge in [0.1, 0.15) is 6.61 Å². The van der Waals surface area contributed by atoms with Crippen molar-refractivity contribution in [2.24, 2.45) is 0 Å². The summed E-state index contributed by atoms with van der Waals surface area (Å²) >= 11 is 0. The highest BCUT2D eigenvalue weighted by atomic mass is 19.1. The van der Waals surface area contributed by atoms with Gasteiger partial charge < -0.3 is 19.3 Å². The number of benzene rings is 2. The van der Waals surface area contributed by atoms with Crippen LogP contribution < -0.4 is 4.74 Å². The van der Waals surface area contributed by atoms with E-state index in [-0.39, 0.29) is 19.0 Å². The van der Waals surface area contributed by atoms with Crippen molar-refractivity contribution in [2.75, 3.05) is 40.0 Å². The number of methoxy groups -OCH3 is 1. The third-order valence-electron chi connectivity index (χ3n) is 5.14. The van der Waals surface area contributed by atoms with E-state index >= 15 is 0 Å². The molecule has 180 valence electrons. The molecular weight excluding hydrogens is 437 g/mol. The Morgan fingerprint density at radius 1 is 1.18 bits per heavy atom. The minimum absolute atomic E-state index is 0.104. The van der Waals surface area contributed by atoms with E-state index in [1.54, 1.807) is 30.0 Å². The Labute approximate surface area is 199 Å². The lowest BCUT2D eigenvalue weighted by Gasteiger charge is -2.25. The van der Waals surface area contributed by atoms with Crippen LogP contribution in [0.5, 0.6) is 11.6 Å². The molecule has 0 saturated heterocycles. The number of terminal acetylenes is 1. The second-order valence-corrected chi connectivity index (χ2v) is 7.75. The molecule has 1 aromatic heterocycles. The van der Waals surface area contributed by atoms with Gasteiger partial charge in [0.05, 0.1) is 36.3 Å². The second-order valence-electron chi connectivity index (χ2n) is 7.75. The lowest BCUT2D eigenvalue weighted by atomic mass is 10.2. The number of halogens is 1. The van der Waals surface area contributed by atoms with E-state index in [4.69, 9.17) is 20.6 Å². The quantitative estimate of drug-likeness (QED) is 0.306. The van der Waals surface area contributed by atoms with Gasteiger partial charge in [0, 0.05) is 26.7 Å². The summed E-state index contributed by atoms with van der Waals surface area (Å²) < 4.78 is 32.7. The van der Waals surface area contributed by atoms with Gasteiger partial charge in [-0.2, -0.15) is 5.10 Å². The van der Waals surface area contributed by atoms with E-state index in [0.29, 0.717) is 32.1 Å². The van der Waals surface area contributed by atoms with E-state index in [0.717, 1.165) is 16.9 Å². The highest BCUT2D eigenvalue weighted by molar-refractivity contribution is 5.43. The molecule has 8 heteroatoms. The molecule has 3 rings (SSSR count). The van der Waals surface area contributed by atoms with E-state index < -0.39 is 11.9 Å². The summed E-state index contributed by atoms with van der Waals surface area (Å²) in [6.45, 7) is 3.88. The number of rotatable bonds is 13. The average Bonchev–Trinajstić information content (AvgIpc) is 3.14. The first-order valence-corrected chi connectivity index (χ1v) is 11.0. The van der Waals surface area contributed by atoms with Crippen LogP contribution in [0.4, 0.5) is 4.39 Å². The Hall–Kier alpha value is -3.22. The Balaban J connectivity index is 1.93. The van der Waals surface area contributed by atoms with Gasteiger partial charge in [-0.25, -0.2) is 9.07 Å². The summed E-state index contributed by atoms with van der Waals surface area (Å²) in [5.74, 6) is 2.43. The van der Waals surface area contributed by atoms with Crippen LogP contribution in [0.25, 0.3) is 5.69 Å². The van der Waals surface area contributed by atoms with Crippen LogP contribution >= 0.6 is 0 Å². The summed E-state index contributed by atoms with van der Waals surface area (Å²) in [6, 6.07) is 15.8. The van der Waals surface area contributed by atoms with E-state index in [2.05, 4.69) is 11.0 Å². The molecule has 1 atom stereocenters. The lowest BCUT2D eigenvalue weighted by Crippen LogP contribution is -2.36. The molecule has 7 nitrogen and oxygen atoms in total. The SMILES string of the molecule is C#CCOC[C@H](O)CN(CCOC)Cc1c(C)nn(-c2ccccc2)c1Oc1ccccc1F. The highest BCUT2D eigenvalue weighted by Gasteiger charge is 2.23. The molecule has 1 N–H and O–H groups in total. The number of ether oxygens (including phenoxy) is 3. The van der Waals surface area contributed by atoms with Crippen LogP contribution in [0, 0.1) is 25.1 Å². The fourth-order valence-corrected chi connectivity index (χ4v) is 3.48. The summed E-state index contributed by atoms with van der Waals surface area (Å²) in [5, 5.41) is 15.1. The van der Waals surface area contributed by atoms with Crippen LogP contribution in [-0.4, -0.2) is 65.9 Å². The maximum Gasteiger partial charge on any atom is 0.227 e.